The molecule has 31 heavy (non-hydrogen) atoms. The van der Waals surface area contributed by atoms with E-state index in [0.717, 1.165) is 27.4 Å². The topological polar surface area (TPSA) is 88.4 Å². The van der Waals surface area contributed by atoms with Gasteiger partial charge in [0.25, 0.3) is 11.8 Å². The summed E-state index contributed by atoms with van der Waals surface area (Å²) in [5.41, 5.74) is 9.86. The Labute approximate surface area is 183 Å². The summed E-state index contributed by atoms with van der Waals surface area (Å²) in [5.74, 6) is -0.552. The van der Waals surface area contributed by atoms with Gasteiger partial charge in [-0.2, -0.15) is 0 Å². The summed E-state index contributed by atoms with van der Waals surface area (Å²) in [7, 11) is 0. The second-order valence-electron chi connectivity index (χ2n) is 7.61. The number of aromatic amines is 1. The number of nitrogens with zero attached hydrogens (tertiary/aromatic N) is 1. The molecule has 156 valence electrons. The van der Waals surface area contributed by atoms with Crippen molar-refractivity contribution in [2.75, 3.05) is 26.3 Å². The van der Waals surface area contributed by atoms with Crippen LogP contribution < -0.4 is 5.73 Å². The van der Waals surface area contributed by atoms with E-state index < -0.39 is 5.91 Å². The summed E-state index contributed by atoms with van der Waals surface area (Å²) in [4.78, 5) is 30.2. The SMILES string of the molecule is NC(=O)c1cc(-c2cccc(Cl)c2)cc2c1[nH]c1cc(C(=O)N3CCOCC3)ccc12. The lowest BCUT2D eigenvalue weighted by Crippen LogP contribution is -2.40. The first kappa shape index (κ1) is 19.6. The number of nitrogens with one attached hydrogen (secondary N) is 1. The van der Waals surface area contributed by atoms with Crippen molar-refractivity contribution in [2.24, 2.45) is 5.73 Å². The number of rotatable bonds is 3. The standard InChI is InChI=1S/C24H20ClN3O3/c25-17-3-1-2-14(10-17)16-11-19-18-5-4-15(24(30)28-6-8-31-9-7-28)13-21(18)27-22(19)20(12-16)23(26)29/h1-5,10-13,27H,6-9H2,(H2,26,29). The molecule has 2 heterocycles. The third-order valence-electron chi connectivity index (χ3n) is 5.68. The minimum atomic E-state index is -0.523. The Morgan fingerprint density at radius 2 is 1.77 bits per heavy atom. The van der Waals surface area contributed by atoms with Gasteiger partial charge in [-0.15, -0.1) is 0 Å². The summed E-state index contributed by atoms with van der Waals surface area (Å²) in [6.07, 6.45) is 0. The van der Waals surface area contributed by atoms with E-state index in [1.54, 1.807) is 17.0 Å². The molecule has 6 nitrogen and oxygen atoms in total. The highest BCUT2D eigenvalue weighted by Gasteiger charge is 2.20. The van der Waals surface area contributed by atoms with Crippen LogP contribution in [0.4, 0.5) is 0 Å². The number of aromatic nitrogens is 1. The predicted octanol–water partition coefficient (Wildman–Crippen LogP) is 4.21. The normalized spacial score (nSPS) is 14.3. The molecular weight excluding hydrogens is 414 g/mol. The molecule has 1 saturated heterocycles. The van der Waals surface area contributed by atoms with Crippen molar-refractivity contribution in [3.8, 4) is 11.1 Å². The summed E-state index contributed by atoms with van der Waals surface area (Å²) < 4.78 is 5.33. The summed E-state index contributed by atoms with van der Waals surface area (Å²) >= 11 is 6.16. The lowest BCUT2D eigenvalue weighted by atomic mass is 9.98. The molecule has 3 aromatic carbocycles. The van der Waals surface area contributed by atoms with E-state index in [-0.39, 0.29) is 5.91 Å². The van der Waals surface area contributed by atoms with Crippen LogP contribution in [0.5, 0.6) is 0 Å². The first-order chi connectivity index (χ1) is 15.0. The van der Waals surface area contributed by atoms with Crippen LogP contribution in [0.25, 0.3) is 32.9 Å². The number of nitrogens with two attached hydrogens (primary N) is 1. The molecule has 0 spiro atoms. The van der Waals surface area contributed by atoms with E-state index in [1.165, 1.54) is 0 Å². The van der Waals surface area contributed by atoms with E-state index in [4.69, 9.17) is 22.1 Å². The fraction of sp³-hybridized carbons (Fsp3) is 0.167. The van der Waals surface area contributed by atoms with Gasteiger partial charge < -0.3 is 20.4 Å². The first-order valence-corrected chi connectivity index (χ1v) is 10.4. The summed E-state index contributed by atoms with van der Waals surface area (Å²) in [6, 6.07) is 16.8. The molecule has 1 aliphatic heterocycles. The first-order valence-electron chi connectivity index (χ1n) is 10.0. The maximum Gasteiger partial charge on any atom is 0.254 e. The van der Waals surface area contributed by atoms with Crippen molar-refractivity contribution >= 4 is 45.2 Å². The zero-order valence-electron chi connectivity index (χ0n) is 16.7. The highest BCUT2D eigenvalue weighted by molar-refractivity contribution is 6.30. The molecule has 0 atom stereocenters. The minimum Gasteiger partial charge on any atom is -0.378 e. The van der Waals surface area contributed by atoms with Crippen LogP contribution in [0, 0.1) is 0 Å². The van der Waals surface area contributed by atoms with E-state index in [9.17, 15) is 9.59 Å². The van der Waals surface area contributed by atoms with Crippen molar-refractivity contribution in [3.05, 3.63) is 70.7 Å². The average Bonchev–Trinajstić information content (AvgIpc) is 3.16. The molecule has 0 radical (unpaired) electrons. The van der Waals surface area contributed by atoms with Gasteiger partial charge in [0.2, 0.25) is 0 Å². The van der Waals surface area contributed by atoms with Crippen molar-refractivity contribution < 1.29 is 14.3 Å². The van der Waals surface area contributed by atoms with Crippen molar-refractivity contribution in [3.63, 3.8) is 0 Å². The van der Waals surface area contributed by atoms with Gasteiger partial charge in [0, 0.05) is 40.0 Å². The molecule has 7 heteroatoms. The monoisotopic (exact) mass is 433 g/mol. The van der Waals surface area contributed by atoms with Gasteiger partial charge in [-0.05, 0) is 47.5 Å². The van der Waals surface area contributed by atoms with Gasteiger partial charge in [0.1, 0.15) is 0 Å². The van der Waals surface area contributed by atoms with Crippen molar-refractivity contribution in [1.82, 2.24) is 9.88 Å². The maximum absolute atomic E-state index is 12.9. The summed E-state index contributed by atoms with van der Waals surface area (Å²) in [5, 5.41) is 2.40. The highest BCUT2D eigenvalue weighted by atomic mass is 35.5. The second-order valence-corrected chi connectivity index (χ2v) is 8.05. The number of H-pyrrole nitrogens is 1. The number of carbonyl (C=O) groups excluding carboxylic acids is 2. The largest absolute Gasteiger partial charge is 0.378 e. The van der Waals surface area contributed by atoms with Crippen LogP contribution in [0.15, 0.2) is 54.6 Å². The Bertz CT molecular complexity index is 1340. The van der Waals surface area contributed by atoms with Gasteiger partial charge in [0.05, 0.1) is 24.3 Å². The van der Waals surface area contributed by atoms with Gasteiger partial charge in [-0.25, -0.2) is 0 Å². The number of carbonyl (C=O) groups is 2. The zero-order valence-corrected chi connectivity index (χ0v) is 17.4. The Morgan fingerprint density at radius 3 is 2.52 bits per heavy atom. The van der Waals surface area contributed by atoms with Crippen LogP contribution in [0.3, 0.4) is 0 Å². The van der Waals surface area contributed by atoms with Crippen LogP contribution in [-0.4, -0.2) is 48.0 Å². The minimum absolute atomic E-state index is 0.0291. The molecular formula is C24H20ClN3O3. The van der Waals surface area contributed by atoms with Gasteiger partial charge >= 0.3 is 0 Å². The fourth-order valence-electron chi connectivity index (χ4n) is 4.12. The van der Waals surface area contributed by atoms with Crippen LogP contribution in [0.1, 0.15) is 20.7 Å². The summed E-state index contributed by atoms with van der Waals surface area (Å²) in [6.45, 7) is 2.26. The Hall–Kier alpha value is -3.35. The number of benzene rings is 3. The van der Waals surface area contributed by atoms with E-state index >= 15 is 0 Å². The molecule has 1 fully saturated rings. The number of hydrogen-bond donors (Lipinski definition) is 2. The maximum atomic E-state index is 12.9. The average molecular weight is 434 g/mol. The lowest BCUT2D eigenvalue weighted by molar-refractivity contribution is 0.0303. The molecule has 0 bridgehead atoms. The molecule has 2 amide bonds. The smallest absolute Gasteiger partial charge is 0.254 e. The second kappa shape index (κ2) is 7.72. The zero-order chi connectivity index (χ0) is 21.5. The van der Waals surface area contributed by atoms with E-state index in [2.05, 4.69) is 4.98 Å². The lowest BCUT2D eigenvalue weighted by Gasteiger charge is -2.26. The number of hydrogen-bond acceptors (Lipinski definition) is 3. The molecule has 0 aliphatic carbocycles. The molecule has 0 unspecified atom stereocenters. The number of ether oxygens (including phenoxy) is 1. The van der Waals surface area contributed by atoms with Crippen LogP contribution in [-0.2, 0) is 4.74 Å². The predicted molar refractivity (Wildman–Crippen MR) is 121 cm³/mol. The van der Waals surface area contributed by atoms with Gasteiger partial charge in [0.15, 0.2) is 0 Å². The van der Waals surface area contributed by atoms with Crippen molar-refractivity contribution in [2.45, 2.75) is 0 Å². The third-order valence-corrected chi connectivity index (χ3v) is 5.91. The molecule has 1 aliphatic rings. The fourth-order valence-corrected chi connectivity index (χ4v) is 4.31. The number of fused-ring (bicyclic) bond motifs is 3. The Balaban J connectivity index is 1.66. The molecule has 3 N–H and O–H groups in total. The number of halogens is 1. The Kier molecular flexibility index (Phi) is 4.88. The molecule has 4 aromatic rings. The molecule has 1 aromatic heterocycles. The highest BCUT2D eigenvalue weighted by Crippen LogP contribution is 2.34. The number of primary amides is 1. The third kappa shape index (κ3) is 3.54. The van der Waals surface area contributed by atoms with Crippen LogP contribution >= 0.6 is 11.6 Å². The molecule has 5 rings (SSSR count). The van der Waals surface area contributed by atoms with E-state index in [1.807, 2.05) is 42.5 Å². The molecule has 0 saturated carbocycles. The van der Waals surface area contributed by atoms with Crippen molar-refractivity contribution in [1.29, 1.82) is 0 Å². The van der Waals surface area contributed by atoms with Crippen LogP contribution in [0.2, 0.25) is 5.02 Å². The Morgan fingerprint density at radius 1 is 0.968 bits per heavy atom. The quantitative estimate of drug-likeness (QED) is 0.507. The van der Waals surface area contributed by atoms with E-state index in [0.29, 0.717) is 48.0 Å². The van der Waals surface area contributed by atoms with Gasteiger partial charge in [-0.1, -0.05) is 29.8 Å². The number of morpholine rings is 1. The van der Waals surface area contributed by atoms with Gasteiger partial charge in [-0.3, -0.25) is 9.59 Å². The number of amides is 2.